The number of thioether (sulfide) groups is 1. The molecular weight excluding hydrogens is 358 g/mol. The van der Waals surface area contributed by atoms with Crippen molar-refractivity contribution in [3.8, 4) is 11.4 Å². The van der Waals surface area contributed by atoms with Crippen LogP contribution in [0.25, 0.3) is 11.4 Å². The van der Waals surface area contributed by atoms with Crippen molar-refractivity contribution in [2.75, 3.05) is 16.9 Å². The van der Waals surface area contributed by atoms with Gasteiger partial charge in [-0.05, 0) is 36.1 Å². The smallest absolute Gasteiger partial charge is 0.234 e. The van der Waals surface area contributed by atoms with E-state index in [9.17, 15) is 4.79 Å². The molecule has 1 aromatic heterocycles. The maximum Gasteiger partial charge on any atom is 0.234 e. The molecule has 2 aromatic carbocycles. The van der Waals surface area contributed by atoms with Gasteiger partial charge in [-0.25, -0.2) is 4.68 Å². The van der Waals surface area contributed by atoms with E-state index in [1.807, 2.05) is 55.5 Å². The van der Waals surface area contributed by atoms with Crippen LogP contribution in [0.15, 0.2) is 53.7 Å². The van der Waals surface area contributed by atoms with E-state index in [2.05, 4.69) is 29.4 Å². The molecule has 0 aliphatic heterocycles. The number of hydrogen-bond donors (Lipinski definition) is 2. The molecule has 1 heterocycles. The maximum absolute atomic E-state index is 12.2. The van der Waals surface area contributed by atoms with Gasteiger partial charge in [0.1, 0.15) is 0 Å². The van der Waals surface area contributed by atoms with Gasteiger partial charge >= 0.3 is 0 Å². The minimum atomic E-state index is -0.113. The number of rotatable bonds is 6. The maximum atomic E-state index is 12.2. The average molecular weight is 382 g/mol. The van der Waals surface area contributed by atoms with Crippen LogP contribution in [0, 0.1) is 6.92 Å². The molecule has 0 aliphatic carbocycles. The molecule has 3 N–H and O–H groups in total. The zero-order chi connectivity index (χ0) is 19.4. The van der Waals surface area contributed by atoms with Gasteiger partial charge in [0.05, 0.1) is 5.75 Å². The molecule has 27 heavy (non-hydrogen) atoms. The van der Waals surface area contributed by atoms with E-state index in [1.54, 1.807) is 0 Å². The number of aromatic nitrogens is 3. The summed E-state index contributed by atoms with van der Waals surface area (Å²) in [6.45, 7) is 6.27. The standard InChI is InChI=1S/C20H23N5OS/c1-13(2)15-8-10-16(11-9-15)22-18(26)12-27-20-24-23-19(25(20)21)17-7-5-4-6-14(17)3/h4-11,13H,12,21H2,1-3H3,(H,22,26). The van der Waals surface area contributed by atoms with Gasteiger partial charge in [-0.3, -0.25) is 4.79 Å². The van der Waals surface area contributed by atoms with Gasteiger partial charge in [0.25, 0.3) is 0 Å². The number of hydrogen-bond acceptors (Lipinski definition) is 5. The second kappa shape index (κ2) is 8.26. The molecule has 140 valence electrons. The Hall–Kier alpha value is -2.80. The molecule has 0 saturated carbocycles. The summed E-state index contributed by atoms with van der Waals surface area (Å²) in [5.74, 6) is 7.26. The van der Waals surface area contributed by atoms with Crippen molar-refractivity contribution in [1.82, 2.24) is 14.9 Å². The normalized spacial score (nSPS) is 11.0. The zero-order valence-electron chi connectivity index (χ0n) is 15.6. The number of nitrogen functional groups attached to an aromatic ring is 1. The fraction of sp³-hybridized carbons (Fsp3) is 0.250. The molecule has 0 fully saturated rings. The quantitative estimate of drug-likeness (QED) is 0.501. The lowest BCUT2D eigenvalue weighted by Crippen LogP contribution is -2.16. The average Bonchev–Trinajstić information content (AvgIpc) is 3.01. The molecular formula is C20H23N5OS. The fourth-order valence-electron chi connectivity index (χ4n) is 2.66. The predicted octanol–water partition coefficient (Wildman–Crippen LogP) is 3.82. The van der Waals surface area contributed by atoms with Crippen LogP contribution >= 0.6 is 11.8 Å². The summed E-state index contributed by atoms with van der Waals surface area (Å²) in [5.41, 5.74) is 4.01. The molecule has 3 aromatic rings. The molecule has 0 saturated heterocycles. The van der Waals surface area contributed by atoms with Gasteiger partial charge in [0.2, 0.25) is 11.1 Å². The molecule has 1 amide bonds. The van der Waals surface area contributed by atoms with Gasteiger partial charge < -0.3 is 11.2 Å². The Morgan fingerprint density at radius 2 is 1.85 bits per heavy atom. The summed E-state index contributed by atoms with van der Waals surface area (Å²) in [4.78, 5) is 12.2. The second-order valence-electron chi connectivity index (χ2n) is 6.60. The molecule has 0 unspecified atom stereocenters. The number of amides is 1. The molecule has 7 heteroatoms. The van der Waals surface area contributed by atoms with E-state index in [4.69, 9.17) is 5.84 Å². The van der Waals surface area contributed by atoms with Crippen molar-refractivity contribution in [3.63, 3.8) is 0 Å². The number of carbonyl (C=O) groups is 1. The summed E-state index contributed by atoms with van der Waals surface area (Å²) in [6, 6.07) is 15.7. The van der Waals surface area contributed by atoms with Gasteiger partial charge in [-0.2, -0.15) is 0 Å². The summed E-state index contributed by atoms with van der Waals surface area (Å²) >= 11 is 1.26. The Morgan fingerprint density at radius 1 is 1.15 bits per heavy atom. The van der Waals surface area contributed by atoms with E-state index >= 15 is 0 Å². The number of aryl methyl sites for hydroxylation is 1. The number of benzene rings is 2. The van der Waals surface area contributed by atoms with Crippen LogP contribution in [0.3, 0.4) is 0 Å². The van der Waals surface area contributed by atoms with E-state index in [1.165, 1.54) is 22.0 Å². The highest BCUT2D eigenvalue weighted by atomic mass is 32.2. The number of nitrogens with two attached hydrogens (primary N) is 1. The van der Waals surface area contributed by atoms with Crippen molar-refractivity contribution >= 4 is 23.4 Å². The monoisotopic (exact) mass is 381 g/mol. The summed E-state index contributed by atoms with van der Waals surface area (Å²) < 4.78 is 1.43. The number of nitrogens with one attached hydrogen (secondary N) is 1. The second-order valence-corrected chi connectivity index (χ2v) is 7.55. The Bertz CT molecular complexity index is 934. The van der Waals surface area contributed by atoms with Gasteiger partial charge in [-0.1, -0.05) is 62.0 Å². The van der Waals surface area contributed by atoms with E-state index in [0.717, 1.165) is 16.8 Å². The Morgan fingerprint density at radius 3 is 2.52 bits per heavy atom. The van der Waals surface area contributed by atoms with Crippen molar-refractivity contribution in [2.24, 2.45) is 0 Å². The highest BCUT2D eigenvalue weighted by molar-refractivity contribution is 7.99. The van der Waals surface area contributed by atoms with Crippen molar-refractivity contribution < 1.29 is 4.79 Å². The van der Waals surface area contributed by atoms with Crippen LogP contribution in [0.4, 0.5) is 5.69 Å². The molecule has 6 nitrogen and oxygen atoms in total. The number of anilines is 1. The Balaban J connectivity index is 1.62. The number of nitrogens with zero attached hydrogens (tertiary/aromatic N) is 3. The molecule has 0 atom stereocenters. The third-order valence-electron chi connectivity index (χ3n) is 4.24. The lowest BCUT2D eigenvalue weighted by atomic mass is 10.0. The van der Waals surface area contributed by atoms with E-state index in [-0.39, 0.29) is 11.7 Å². The summed E-state index contributed by atoms with van der Waals surface area (Å²) in [6.07, 6.45) is 0. The third-order valence-corrected chi connectivity index (χ3v) is 5.19. The van der Waals surface area contributed by atoms with Crippen LogP contribution < -0.4 is 11.2 Å². The van der Waals surface area contributed by atoms with Crippen molar-refractivity contribution in [3.05, 3.63) is 59.7 Å². The highest BCUT2D eigenvalue weighted by Gasteiger charge is 2.15. The van der Waals surface area contributed by atoms with Gasteiger partial charge in [0.15, 0.2) is 5.82 Å². The first-order valence-electron chi connectivity index (χ1n) is 8.75. The van der Waals surface area contributed by atoms with Crippen LogP contribution in [0.1, 0.15) is 30.9 Å². The highest BCUT2D eigenvalue weighted by Crippen LogP contribution is 2.24. The van der Waals surface area contributed by atoms with Crippen molar-refractivity contribution in [2.45, 2.75) is 31.8 Å². The molecule has 0 radical (unpaired) electrons. The molecule has 0 aliphatic rings. The molecule has 3 rings (SSSR count). The van der Waals surface area contributed by atoms with Gasteiger partial charge in [0, 0.05) is 11.3 Å². The first-order valence-corrected chi connectivity index (χ1v) is 9.73. The first-order chi connectivity index (χ1) is 13.0. The van der Waals surface area contributed by atoms with E-state index in [0.29, 0.717) is 16.9 Å². The summed E-state index contributed by atoms with van der Waals surface area (Å²) in [7, 11) is 0. The van der Waals surface area contributed by atoms with Crippen LogP contribution in [0.2, 0.25) is 0 Å². The van der Waals surface area contributed by atoms with Crippen molar-refractivity contribution in [1.29, 1.82) is 0 Å². The molecule has 0 bridgehead atoms. The molecule has 0 spiro atoms. The largest absolute Gasteiger partial charge is 0.335 e. The third kappa shape index (κ3) is 4.49. The zero-order valence-corrected chi connectivity index (χ0v) is 16.5. The topological polar surface area (TPSA) is 85.8 Å². The number of carbonyl (C=O) groups excluding carboxylic acids is 1. The van der Waals surface area contributed by atoms with Crippen LogP contribution in [0.5, 0.6) is 0 Å². The Kier molecular flexibility index (Phi) is 5.81. The Labute approximate surface area is 163 Å². The van der Waals surface area contributed by atoms with Crippen LogP contribution in [-0.2, 0) is 4.79 Å². The first kappa shape index (κ1) is 19.0. The predicted molar refractivity (Wildman–Crippen MR) is 110 cm³/mol. The minimum Gasteiger partial charge on any atom is -0.335 e. The minimum absolute atomic E-state index is 0.113. The fourth-order valence-corrected chi connectivity index (χ4v) is 3.32. The SMILES string of the molecule is Cc1ccccc1-c1nnc(SCC(=O)Nc2ccc(C(C)C)cc2)n1N. The van der Waals surface area contributed by atoms with Gasteiger partial charge in [-0.15, -0.1) is 10.2 Å². The lowest BCUT2D eigenvalue weighted by molar-refractivity contribution is -0.113. The lowest BCUT2D eigenvalue weighted by Gasteiger charge is -2.08. The summed E-state index contributed by atoms with van der Waals surface area (Å²) in [5, 5.41) is 11.7. The van der Waals surface area contributed by atoms with E-state index < -0.39 is 0 Å². The van der Waals surface area contributed by atoms with Crippen LogP contribution in [-0.4, -0.2) is 26.5 Å².